The first-order valence-corrected chi connectivity index (χ1v) is 8.67. The predicted octanol–water partition coefficient (Wildman–Crippen LogP) is 3.77. The Morgan fingerprint density at radius 2 is 1.91 bits per heavy atom. The highest BCUT2D eigenvalue weighted by molar-refractivity contribution is 5.75. The number of hydrogen-bond donors (Lipinski definition) is 0. The number of amides is 1. The van der Waals surface area contributed by atoms with Gasteiger partial charge in [-0.15, -0.1) is 0 Å². The van der Waals surface area contributed by atoms with Crippen LogP contribution in [0.4, 0.5) is 0 Å². The lowest BCUT2D eigenvalue weighted by Gasteiger charge is -2.32. The van der Waals surface area contributed by atoms with Gasteiger partial charge in [0.05, 0.1) is 14.2 Å². The molecule has 1 amide bonds. The first-order chi connectivity index (χ1) is 11.1. The standard InChI is InChI=1S/C19H29NO3/c1-5-10-20(19(21)6-2)13-15-9-7-8-14-11-17(22-3)18(23-4)12-16(14)15/h11-12,15H,5-10,13H2,1-4H3. The highest BCUT2D eigenvalue weighted by Crippen LogP contribution is 2.39. The fraction of sp³-hybridized carbons (Fsp3) is 0.632. The summed E-state index contributed by atoms with van der Waals surface area (Å²) in [7, 11) is 3.35. The van der Waals surface area contributed by atoms with Crippen LogP contribution in [0.15, 0.2) is 12.1 Å². The Morgan fingerprint density at radius 1 is 1.22 bits per heavy atom. The zero-order valence-electron chi connectivity index (χ0n) is 14.9. The molecule has 0 fully saturated rings. The Kier molecular flexibility index (Phi) is 6.31. The van der Waals surface area contributed by atoms with E-state index in [9.17, 15) is 4.79 Å². The lowest BCUT2D eigenvalue weighted by atomic mass is 9.82. The SMILES string of the molecule is CCCN(CC1CCCc2cc(OC)c(OC)cc21)C(=O)CC. The van der Waals surface area contributed by atoms with Crippen molar-refractivity contribution in [1.82, 2.24) is 4.90 Å². The molecule has 0 radical (unpaired) electrons. The van der Waals surface area contributed by atoms with Gasteiger partial charge >= 0.3 is 0 Å². The van der Waals surface area contributed by atoms with Crippen LogP contribution in [0.2, 0.25) is 0 Å². The van der Waals surface area contributed by atoms with Crippen molar-refractivity contribution in [1.29, 1.82) is 0 Å². The Morgan fingerprint density at radius 3 is 2.52 bits per heavy atom. The average molecular weight is 319 g/mol. The first kappa shape index (κ1) is 17.6. The van der Waals surface area contributed by atoms with Gasteiger partial charge in [0, 0.05) is 25.4 Å². The average Bonchev–Trinajstić information content (AvgIpc) is 2.59. The minimum atomic E-state index is 0.249. The molecule has 4 nitrogen and oxygen atoms in total. The van der Waals surface area contributed by atoms with E-state index in [4.69, 9.17) is 9.47 Å². The quantitative estimate of drug-likeness (QED) is 0.768. The summed E-state index contributed by atoms with van der Waals surface area (Å²) in [5, 5.41) is 0. The summed E-state index contributed by atoms with van der Waals surface area (Å²) >= 11 is 0. The van der Waals surface area contributed by atoms with Crippen molar-refractivity contribution in [3.05, 3.63) is 23.3 Å². The van der Waals surface area contributed by atoms with Crippen LogP contribution < -0.4 is 9.47 Å². The molecule has 0 bridgehead atoms. The molecular weight excluding hydrogens is 290 g/mol. The van der Waals surface area contributed by atoms with Gasteiger partial charge in [0.2, 0.25) is 5.91 Å². The topological polar surface area (TPSA) is 38.8 Å². The van der Waals surface area contributed by atoms with Crippen molar-refractivity contribution in [2.75, 3.05) is 27.3 Å². The van der Waals surface area contributed by atoms with Crippen LogP contribution in [-0.4, -0.2) is 38.1 Å². The second-order valence-corrected chi connectivity index (χ2v) is 6.19. The van der Waals surface area contributed by atoms with Gasteiger partial charge in [-0.1, -0.05) is 13.8 Å². The van der Waals surface area contributed by atoms with E-state index in [-0.39, 0.29) is 5.91 Å². The molecule has 1 aliphatic carbocycles. The van der Waals surface area contributed by atoms with Gasteiger partial charge in [-0.05, 0) is 48.9 Å². The van der Waals surface area contributed by atoms with Crippen LogP contribution in [0.25, 0.3) is 0 Å². The largest absolute Gasteiger partial charge is 0.493 e. The fourth-order valence-electron chi connectivity index (χ4n) is 3.49. The van der Waals surface area contributed by atoms with Crippen LogP contribution in [0.5, 0.6) is 11.5 Å². The van der Waals surface area contributed by atoms with Gasteiger partial charge in [-0.3, -0.25) is 4.79 Å². The maximum Gasteiger partial charge on any atom is 0.222 e. The second-order valence-electron chi connectivity index (χ2n) is 6.19. The van der Waals surface area contributed by atoms with Crippen molar-refractivity contribution in [2.45, 2.75) is 51.9 Å². The molecule has 128 valence electrons. The zero-order valence-corrected chi connectivity index (χ0v) is 14.9. The van der Waals surface area contributed by atoms with Crippen LogP contribution in [0, 0.1) is 0 Å². The monoisotopic (exact) mass is 319 g/mol. The molecule has 0 spiro atoms. The van der Waals surface area contributed by atoms with E-state index >= 15 is 0 Å². The Hall–Kier alpha value is -1.71. The summed E-state index contributed by atoms with van der Waals surface area (Å²) in [5.41, 5.74) is 2.65. The third-order valence-electron chi connectivity index (χ3n) is 4.67. The molecule has 4 heteroatoms. The summed E-state index contributed by atoms with van der Waals surface area (Å²) in [6.45, 7) is 5.71. The summed E-state index contributed by atoms with van der Waals surface area (Å²) in [4.78, 5) is 14.2. The molecule has 0 N–H and O–H groups in total. The number of aryl methyl sites for hydroxylation is 1. The molecule has 1 atom stereocenters. The molecule has 0 saturated heterocycles. The van der Waals surface area contributed by atoms with Gasteiger partial charge in [0.15, 0.2) is 11.5 Å². The number of rotatable bonds is 7. The maximum atomic E-state index is 12.2. The Bertz CT molecular complexity index is 542. The minimum Gasteiger partial charge on any atom is -0.493 e. The Balaban J connectivity index is 2.28. The van der Waals surface area contributed by atoms with E-state index in [1.54, 1.807) is 14.2 Å². The third kappa shape index (κ3) is 3.98. The fourth-order valence-corrected chi connectivity index (χ4v) is 3.49. The molecule has 0 heterocycles. The van der Waals surface area contributed by atoms with Crippen molar-refractivity contribution < 1.29 is 14.3 Å². The second kappa shape index (κ2) is 8.23. The van der Waals surface area contributed by atoms with Crippen molar-refractivity contribution >= 4 is 5.91 Å². The number of hydrogen-bond acceptors (Lipinski definition) is 3. The van der Waals surface area contributed by atoms with E-state index in [0.29, 0.717) is 12.3 Å². The smallest absolute Gasteiger partial charge is 0.222 e. The molecule has 0 aliphatic heterocycles. The molecule has 2 rings (SSSR count). The van der Waals surface area contributed by atoms with E-state index in [0.717, 1.165) is 50.3 Å². The van der Waals surface area contributed by atoms with Crippen molar-refractivity contribution in [2.24, 2.45) is 0 Å². The Labute approximate surface area is 139 Å². The predicted molar refractivity (Wildman–Crippen MR) is 92.4 cm³/mol. The normalized spacial score (nSPS) is 16.6. The van der Waals surface area contributed by atoms with Crippen LogP contribution in [0.1, 0.15) is 56.6 Å². The van der Waals surface area contributed by atoms with Gasteiger partial charge in [0.1, 0.15) is 0 Å². The van der Waals surface area contributed by atoms with Gasteiger partial charge in [-0.2, -0.15) is 0 Å². The molecule has 23 heavy (non-hydrogen) atoms. The van der Waals surface area contributed by atoms with Crippen molar-refractivity contribution in [3.63, 3.8) is 0 Å². The summed E-state index contributed by atoms with van der Waals surface area (Å²) < 4.78 is 10.9. The molecule has 0 saturated carbocycles. The minimum absolute atomic E-state index is 0.249. The number of carbonyl (C=O) groups excluding carboxylic acids is 1. The summed E-state index contributed by atoms with van der Waals surface area (Å²) in [5.74, 6) is 2.21. The number of ether oxygens (including phenoxy) is 2. The van der Waals surface area contributed by atoms with E-state index in [1.165, 1.54) is 11.1 Å². The number of carbonyl (C=O) groups is 1. The summed E-state index contributed by atoms with van der Waals surface area (Å²) in [6, 6.07) is 4.21. The summed E-state index contributed by atoms with van der Waals surface area (Å²) in [6.07, 6.45) is 4.93. The lowest BCUT2D eigenvalue weighted by molar-refractivity contribution is -0.131. The highest BCUT2D eigenvalue weighted by atomic mass is 16.5. The number of fused-ring (bicyclic) bond motifs is 1. The first-order valence-electron chi connectivity index (χ1n) is 8.67. The molecule has 1 unspecified atom stereocenters. The van der Waals surface area contributed by atoms with Gasteiger partial charge < -0.3 is 14.4 Å². The highest BCUT2D eigenvalue weighted by Gasteiger charge is 2.26. The number of methoxy groups -OCH3 is 2. The third-order valence-corrected chi connectivity index (χ3v) is 4.67. The van der Waals surface area contributed by atoms with Gasteiger partial charge in [-0.25, -0.2) is 0 Å². The molecular formula is C19H29NO3. The maximum absolute atomic E-state index is 12.2. The number of benzene rings is 1. The zero-order chi connectivity index (χ0) is 16.8. The lowest BCUT2D eigenvalue weighted by Crippen LogP contribution is -2.35. The molecule has 1 aromatic carbocycles. The van der Waals surface area contributed by atoms with Crippen LogP contribution >= 0.6 is 0 Å². The molecule has 1 aromatic rings. The van der Waals surface area contributed by atoms with Crippen LogP contribution in [-0.2, 0) is 11.2 Å². The van der Waals surface area contributed by atoms with Crippen molar-refractivity contribution in [3.8, 4) is 11.5 Å². The molecule has 0 aromatic heterocycles. The molecule has 1 aliphatic rings. The van der Waals surface area contributed by atoms with Crippen LogP contribution in [0.3, 0.4) is 0 Å². The number of nitrogens with zero attached hydrogens (tertiary/aromatic N) is 1. The van der Waals surface area contributed by atoms with E-state index in [2.05, 4.69) is 19.1 Å². The van der Waals surface area contributed by atoms with Gasteiger partial charge in [0.25, 0.3) is 0 Å². The van der Waals surface area contributed by atoms with E-state index in [1.807, 2.05) is 11.8 Å². The van der Waals surface area contributed by atoms with E-state index < -0.39 is 0 Å².